The van der Waals surface area contributed by atoms with Crippen molar-refractivity contribution in [1.29, 1.82) is 0 Å². The van der Waals surface area contributed by atoms with Crippen LogP contribution < -0.4 is 24.4 Å². The standard InChI is InChI=1S/C63H55N5O9/c1-40(44-12-6-3-7-13-44)64-62(73)67-51-30-22-42(19-18-41-20-28-49(74-2)29-21-41)36-50(51)63(61(67)72)54(59(70)66-34-32-65(33-35-66)38-43-23-31-52-53(37-43)76-39-75-52)56-60(71)77-57(46-16-10-5-11-17-46)55(45-14-8-4-9-15-45)68(56)58(63)47-24-26-48(69)27-25-47/h3-17,20-31,36-37,40,54-58,69H,32-35,38-39H2,1-2H3,(H,64,73). The van der Waals surface area contributed by atoms with Crippen molar-refractivity contribution in [2.75, 3.05) is 45.0 Å². The van der Waals surface area contributed by atoms with E-state index in [1.807, 2.05) is 151 Å². The largest absolute Gasteiger partial charge is 0.508 e. The fourth-order valence-electron chi connectivity index (χ4n) is 12.1. The molecule has 3 saturated heterocycles. The van der Waals surface area contributed by atoms with Gasteiger partial charge in [0.2, 0.25) is 18.6 Å². The minimum absolute atomic E-state index is 0.0198. The predicted molar refractivity (Wildman–Crippen MR) is 287 cm³/mol. The van der Waals surface area contributed by atoms with E-state index in [2.05, 4.69) is 22.1 Å². The molecule has 5 heterocycles. The number of benzene rings is 7. The quantitative estimate of drug-likeness (QED) is 0.105. The summed E-state index contributed by atoms with van der Waals surface area (Å²) in [7, 11) is 1.60. The lowest BCUT2D eigenvalue weighted by Gasteiger charge is -2.46. The van der Waals surface area contributed by atoms with Crippen molar-refractivity contribution in [3.05, 3.63) is 220 Å². The van der Waals surface area contributed by atoms with E-state index in [1.165, 1.54) is 0 Å². The van der Waals surface area contributed by atoms with Crippen molar-refractivity contribution in [1.82, 2.24) is 20.0 Å². The normalized spacial score (nSPS) is 22.9. The highest BCUT2D eigenvalue weighted by Gasteiger charge is 2.76. The number of methoxy groups -OCH3 is 1. The van der Waals surface area contributed by atoms with Gasteiger partial charge in [-0.3, -0.25) is 24.2 Å². The van der Waals surface area contributed by atoms with Gasteiger partial charge in [-0.05, 0) is 107 Å². The molecule has 7 aromatic rings. The zero-order valence-electron chi connectivity index (χ0n) is 42.5. The maximum Gasteiger partial charge on any atom is 0.329 e. The summed E-state index contributed by atoms with van der Waals surface area (Å²) in [6, 6.07) is 49.2. The van der Waals surface area contributed by atoms with Gasteiger partial charge in [0.1, 0.15) is 29.1 Å². The lowest BCUT2D eigenvalue weighted by Crippen LogP contribution is -2.59. The van der Waals surface area contributed by atoms with E-state index in [0.29, 0.717) is 64.7 Å². The number of imide groups is 1. The number of amides is 4. The van der Waals surface area contributed by atoms with Gasteiger partial charge in [0, 0.05) is 43.9 Å². The number of ether oxygens (including phenoxy) is 4. The Morgan fingerprint density at radius 1 is 0.714 bits per heavy atom. The first kappa shape index (κ1) is 49.0. The summed E-state index contributed by atoms with van der Waals surface area (Å²) in [5, 5.41) is 14.0. The Bertz CT molecular complexity index is 3430. The number of urea groups is 1. The Balaban J connectivity index is 1.06. The molecule has 5 aliphatic rings. The van der Waals surface area contributed by atoms with E-state index in [4.69, 9.17) is 18.9 Å². The first-order valence-corrected chi connectivity index (χ1v) is 25.9. The molecule has 14 heteroatoms. The molecule has 0 saturated carbocycles. The van der Waals surface area contributed by atoms with Crippen molar-refractivity contribution >= 4 is 29.5 Å². The van der Waals surface area contributed by atoms with Gasteiger partial charge in [-0.2, -0.15) is 0 Å². The number of piperazine rings is 1. The third-order valence-corrected chi connectivity index (χ3v) is 15.7. The number of cyclic esters (lactones) is 1. The molecule has 7 atom stereocenters. The molecule has 2 N–H and O–H groups in total. The lowest BCUT2D eigenvalue weighted by molar-refractivity contribution is -0.179. The second-order valence-electron chi connectivity index (χ2n) is 20.1. The van der Waals surface area contributed by atoms with E-state index in [9.17, 15) is 5.11 Å². The van der Waals surface area contributed by atoms with Crippen LogP contribution in [-0.4, -0.2) is 89.7 Å². The van der Waals surface area contributed by atoms with E-state index in [0.717, 1.165) is 21.6 Å². The molecule has 14 nitrogen and oxygen atoms in total. The molecule has 12 rings (SSSR count). The van der Waals surface area contributed by atoms with Crippen molar-refractivity contribution in [2.24, 2.45) is 5.92 Å². The Hall–Kier alpha value is -8.90. The van der Waals surface area contributed by atoms with Crippen molar-refractivity contribution in [2.45, 2.75) is 49.2 Å². The van der Waals surface area contributed by atoms with Crippen LogP contribution in [-0.2, 0) is 31.1 Å². The van der Waals surface area contributed by atoms with Gasteiger partial charge in [-0.15, -0.1) is 0 Å². The molecular formula is C63H55N5O9. The smallest absolute Gasteiger partial charge is 0.329 e. The van der Waals surface area contributed by atoms with Crippen molar-refractivity contribution < 1.29 is 43.2 Å². The van der Waals surface area contributed by atoms with Crippen LogP contribution in [0.1, 0.15) is 75.7 Å². The van der Waals surface area contributed by atoms with Crippen LogP contribution in [0.5, 0.6) is 23.0 Å². The van der Waals surface area contributed by atoms with Crippen LogP contribution in [0.25, 0.3) is 0 Å². The van der Waals surface area contributed by atoms with Crippen LogP contribution in [0.2, 0.25) is 0 Å². The highest BCUT2D eigenvalue weighted by molar-refractivity contribution is 6.24. The van der Waals surface area contributed by atoms with Gasteiger partial charge in [-0.25, -0.2) is 9.69 Å². The summed E-state index contributed by atoms with van der Waals surface area (Å²) in [5.41, 5.74) is 3.69. The second-order valence-corrected chi connectivity index (χ2v) is 20.1. The Morgan fingerprint density at radius 2 is 1.36 bits per heavy atom. The predicted octanol–water partition coefficient (Wildman–Crippen LogP) is 9.01. The maximum absolute atomic E-state index is 16.9. The van der Waals surface area contributed by atoms with Gasteiger partial charge >= 0.3 is 12.0 Å². The Labute approximate surface area is 446 Å². The molecule has 386 valence electrons. The fraction of sp³-hybridized carbons (Fsp3) is 0.238. The number of carbonyl (C=O) groups excluding carboxylic acids is 4. The number of hydrogen-bond donors (Lipinski definition) is 2. The number of aromatic hydroxyl groups is 1. The number of carbonyl (C=O) groups is 4. The number of rotatable bonds is 9. The van der Waals surface area contributed by atoms with Gasteiger partial charge in [0.05, 0.1) is 36.8 Å². The number of fused-ring (bicyclic) bond motifs is 4. The highest BCUT2D eigenvalue weighted by atomic mass is 16.7. The SMILES string of the molecule is COc1ccc(C#Cc2ccc3c(c2)C2(C(=O)N3C(=O)NC(C)c3ccccc3)C(C(=O)N3CCN(Cc4ccc5c(c4)OCO5)CC3)C3C(=O)OC(c4ccccc4)C(c4ccccc4)N3C2c2ccc(O)cc2)cc1. The zero-order valence-corrected chi connectivity index (χ0v) is 42.5. The molecule has 1 spiro atoms. The summed E-state index contributed by atoms with van der Waals surface area (Å²) in [6.45, 7) is 4.15. The summed E-state index contributed by atoms with van der Waals surface area (Å²) in [4.78, 5) is 71.6. The summed E-state index contributed by atoms with van der Waals surface area (Å²) in [5.74, 6) is 5.35. The maximum atomic E-state index is 16.9. The lowest BCUT2D eigenvalue weighted by atomic mass is 9.64. The van der Waals surface area contributed by atoms with Crippen LogP contribution >= 0.6 is 0 Å². The molecule has 0 bridgehead atoms. The third-order valence-electron chi connectivity index (χ3n) is 15.7. The molecule has 4 amide bonds. The fourth-order valence-corrected chi connectivity index (χ4v) is 12.1. The third kappa shape index (κ3) is 8.77. The average molecular weight is 1030 g/mol. The number of esters is 1. The van der Waals surface area contributed by atoms with Gasteiger partial charge in [0.15, 0.2) is 11.5 Å². The molecule has 77 heavy (non-hydrogen) atoms. The number of hydrogen-bond acceptors (Lipinski definition) is 11. The molecule has 0 radical (unpaired) electrons. The van der Waals surface area contributed by atoms with Crippen molar-refractivity contribution in [3.63, 3.8) is 0 Å². The molecule has 5 aliphatic heterocycles. The highest BCUT2D eigenvalue weighted by Crippen LogP contribution is 2.66. The zero-order chi connectivity index (χ0) is 52.8. The number of nitrogens with one attached hydrogen (secondary N) is 1. The van der Waals surface area contributed by atoms with Crippen LogP contribution in [0.15, 0.2) is 176 Å². The minimum atomic E-state index is -2.00. The molecule has 3 fully saturated rings. The summed E-state index contributed by atoms with van der Waals surface area (Å²) >= 11 is 0. The Morgan fingerprint density at radius 3 is 2.06 bits per heavy atom. The summed E-state index contributed by atoms with van der Waals surface area (Å²) < 4.78 is 23.3. The number of phenolic OH excluding ortho intramolecular Hbond substituents is 1. The minimum Gasteiger partial charge on any atom is -0.508 e. The van der Waals surface area contributed by atoms with Crippen LogP contribution in [0.3, 0.4) is 0 Å². The number of morpholine rings is 1. The van der Waals surface area contributed by atoms with E-state index in [-0.39, 0.29) is 31.3 Å². The second kappa shape index (κ2) is 20.3. The number of phenols is 1. The molecule has 7 aromatic carbocycles. The van der Waals surface area contributed by atoms with Gasteiger partial charge in [-0.1, -0.05) is 121 Å². The van der Waals surface area contributed by atoms with Crippen LogP contribution in [0, 0.1) is 17.8 Å². The molecule has 0 aliphatic carbocycles. The van der Waals surface area contributed by atoms with E-state index >= 15 is 19.2 Å². The van der Waals surface area contributed by atoms with Crippen LogP contribution in [0.4, 0.5) is 10.5 Å². The first-order chi connectivity index (χ1) is 37.6. The monoisotopic (exact) mass is 1030 g/mol. The number of anilines is 1. The summed E-state index contributed by atoms with van der Waals surface area (Å²) in [6.07, 6.45) is -0.906. The van der Waals surface area contributed by atoms with E-state index < -0.39 is 65.4 Å². The first-order valence-electron chi connectivity index (χ1n) is 25.9. The number of nitrogens with zero attached hydrogens (tertiary/aromatic N) is 4. The van der Waals surface area contributed by atoms with Crippen molar-refractivity contribution in [3.8, 4) is 34.8 Å². The molecule has 7 unspecified atom stereocenters. The van der Waals surface area contributed by atoms with Gasteiger partial charge in [0.25, 0.3) is 0 Å². The van der Waals surface area contributed by atoms with E-state index in [1.54, 1.807) is 48.4 Å². The molecular weight excluding hydrogens is 971 g/mol. The molecule has 0 aromatic heterocycles. The average Bonchev–Trinajstić information content (AvgIpc) is 4.13. The Kier molecular flexibility index (Phi) is 12.9. The topological polar surface area (TPSA) is 150 Å². The van der Waals surface area contributed by atoms with Gasteiger partial charge < -0.3 is 34.3 Å².